The van der Waals surface area contributed by atoms with Crippen LogP contribution in [0.3, 0.4) is 0 Å². The van der Waals surface area contributed by atoms with Gasteiger partial charge < -0.3 is 0 Å². The normalized spacial score (nSPS) is 56.1. The van der Waals surface area contributed by atoms with Crippen molar-refractivity contribution < 1.29 is 0 Å². The van der Waals surface area contributed by atoms with Crippen molar-refractivity contribution in [2.24, 2.45) is 5.92 Å². The van der Waals surface area contributed by atoms with Crippen LogP contribution >= 0.6 is 0 Å². The summed E-state index contributed by atoms with van der Waals surface area (Å²) >= 11 is 0. The van der Waals surface area contributed by atoms with Crippen LogP contribution in [0.15, 0.2) is 0 Å². The van der Waals surface area contributed by atoms with Crippen molar-refractivity contribution in [2.75, 3.05) is 28.2 Å². The van der Waals surface area contributed by atoms with Gasteiger partial charge in [-0.3, -0.25) is 0 Å². The molecule has 0 radical (unpaired) electrons. The van der Waals surface area contributed by atoms with Gasteiger partial charge in [0.05, 0.1) is 12.3 Å². The third-order valence-electron chi connectivity index (χ3n) is 3.65. The van der Waals surface area contributed by atoms with E-state index in [1.807, 2.05) is 0 Å². The first-order valence-electron chi connectivity index (χ1n) is 5.00. The molecule has 2 rings (SSSR count). The zero-order chi connectivity index (χ0) is 9.75. The Kier molecular flexibility index (Phi) is 2.11. The molecule has 0 aromatic rings. The predicted octanol–water partition coefficient (Wildman–Crippen LogP) is 0.249. The Morgan fingerprint density at radius 2 is 1.15 bits per heavy atom. The van der Waals surface area contributed by atoms with Crippen LogP contribution in [0, 0.1) is 5.92 Å². The molecule has 76 valence electrons. The number of hydrogen-bond acceptors (Lipinski definition) is 4. The Morgan fingerprint density at radius 3 is 1.31 bits per heavy atom. The van der Waals surface area contributed by atoms with E-state index in [0.717, 1.165) is 5.92 Å². The third-order valence-corrected chi connectivity index (χ3v) is 3.65. The van der Waals surface area contributed by atoms with Gasteiger partial charge in [-0.25, -0.2) is 20.0 Å². The summed E-state index contributed by atoms with van der Waals surface area (Å²) in [6, 6.07) is 0. The van der Waals surface area contributed by atoms with E-state index in [9.17, 15) is 0 Å². The lowest BCUT2D eigenvalue weighted by Gasteiger charge is -2.10. The minimum Gasteiger partial charge on any atom is -0.225 e. The van der Waals surface area contributed by atoms with Crippen LogP contribution in [0.1, 0.15) is 13.3 Å². The fourth-order valence-electron chi connectivity index (χ4n) is 2.47. The van der Waals surface area contributed by atoms with Crippen molar-refractivity contribution in [1.29, 1.82) is 0 Å². The molecule has 2 aliphatic heterocycles. The lowest BCUT2D eigenvalue weighted by atomic mass is 10.0. The molecule has 2 fully saturated rings. The van der Waals surface area contributed by atoms with E-state index in [0.29, 0.717) is 12.3 Å². The molecule has 4 heteroatoms. The smallest absolute Gasteiger partial charge is 0.0944 e. The van der Waals surface area contributed by atoms with Crippen LogP contribution in [-0.2, 0) is 0 Å². The summed E-state index contributed by atoms with van der Waals surface area (Å²) < 4.78 is 0. The molecule has 13 heavy (non-hydrogen) atoms. The van der Waals surface area contributed by atoms with Crippen LogP contribution < -0.4 is 0 Å². The lowest BCUT2D eigenvalue weighted by molar-refractivity contribution is 0.377. The SMILES string of the molecule is CCC(C1N(C)N1C)C1N(C)N1C. The Hall–Kier alpha value is -0.160. The molecule has 0 spiro atoms. The molecule has 0 saturated carbocycles. The van der Waals surface area contributed by atoms with Crippen LogP contribution in [0.5, 0.6) is 0 Å². The predicted molar refractivity (Wildman–Crippen MR) is 52.4 cm³/mol. The van der Waals surface area contributed by atoms with Gasteiger partial charge in [0.25, 0.3) is 0 Å². The molecular formula is C9H20N4. The van der Waals surface area contributed by atoms with Crippen molar-refractivity contribution in [2.45, 2.75) is 25.7 Å². The second-order valence-corrected chi connectivity index (χ2v) is 4.19. The Labute approximate surface area is 80.6 Å². The quantitative estimate of drug-likeness (QED) is 0.582. The Morgan fingerprint density at radius 1 is 0.846 bits per heavy atom. The number of rotatable bonds is 3. The van der Waals surface area contributed by atoms with Gasteiger partial charge in [-0.2, -0.15) is 0 Å². The standard InChI is InChI=1S/C9H20N4/c1-6-7(8-10(2)11(8)3)9-12(4)13(9)5/h7-9H,6H2,1-5H3. The molecule has 0 aromatic carbocycles. The molecule has 2 saturated heterocycles. The number of hydrazine groups is 2. The molecule has 0 aromatic heterocycles. The molecule has 0 N–H and O–H groups in total. The molecule has 4 atom stereocenters. The van der Waals surface area contributed by atoms with E-state index >= 15 is 0 Å². The van der Waals surface area contributed by atoms with E-state index in [1.54, 1.807) is 0 Å². The minimum atomic E-state index is 0.655. The van der Waals surface area contributed by atoms with Crippen LogP contribution in [0.2, 0.25) is 0 Å². The molecule has 2 aliphatic rings. The molecule has 0 aliphatic carbocycles. The van der Waals surface area contributed by atoms with Gasteiger partial charge in [-0.05, 0) is 6.42 Å². The zero-order valence-corrected chi connectivity index (χ0v) is 9.23. The number of hydrogen-bond donors (Lipinski definition) is 0. The van der Waals surface area contributed by atoms with Gasteiger partial charge in [0.2, 0.25) is 0 Å². The second kappa shape index (κ2) is 2.92. The summed E-state index contributed by atoms with van der Waals surface area (Å²) in [5, 5.41) is 9.25. The molecule has 4 nitrogen and oxygen atoms in total. The second-order valence-electron chi connectivity index (χ2n) is 4.19. The summed E-state index contributed by atoms with van der Waals surface area (Å²) in [4.78, 5) is 0. The van der Waals surface area contributed by atoms with Gasteiger partial charge in [0.1, 0.15) is 0 Å². The Balaban J connectivity index is 1.96. The highest BCUT2D eigenvalue weighted by atomic mass is 15.9. The fourth-order valence-corrected chi connectivity index (χ4v) is 2.47. The molecule has 4 unspecified atom stereocenters. The van der Waals surface area contributed by atoms with E-state index in [-0.39, 0.29) is 0 Å². The highest BCUT2D eigenvalue weighted by Gasteiger charge is 2.54. The topological polar surface area (TPSA) is 12.0 Å². The monoisotopic (exact) mass is 184 g/mol. The lowest BCUT2D eigenvalue weighted by Crippen LogP contribution is -2.21. The van der Waals surface area contributed by atoms with Gasteiger partial charge in [0, 0.05) is 34.1 Å². The van der Waals surface area contributed by atoms with Gasteiger partial charge in [0.15, 0.2) is 0 Å². The van der Waals surface area contributed by atoms with Crippen molar-refractivity contribution in [3.05, 3.63) is 0 Å². The Bertz CT molecular complexity index is 172. The first kappa shape index (κ1) is 9.40. The largest absolute Gasteiger partial charge is 0.225 e. The summed E-state index contributed by atoms with van der Waals surface area (Å²) in [5.74, 6) is 0.755. The van der Waals surface area contributed by atoms with Crippen molar-refractivity contribution in [3.63, 3.8) is 0 Å². The van der Waals surface area contributed by atoms with Crippen molar-refractivity contribution >= 4 is 0 Å². The average Bonchev–Trinajstić information content (AvgIpc) is 2.88. The maximum absolute atomic E-state index is 2.31. The van der Waals surface area contributed by atoms with Crippen molar-refractivity contribution in [3.8, 4) is 0 Å². The van der Waals surface area contributed by atoms with Gasteiger partial charge in [-0.15, -0.1) is 0 Å². The highest BCUT2D eigenvalue weighted by molar-refractivity contribution is 4.95. The average molecular weight is 184 g/mol. The first-order chi connectivity index (χ1) is 6.09. The van der Waals surface area contributed by atoms with Crippen molar-refractivity contribution in [1.82, 2.24) is 20.0 Å². The summed E-state index contributed by atoms with van der Waals surface area (Å²) in [5.41, 5.74) is 0. The highest BCUT2D eigenvalue weighted by Crippen LogP contribution is 2.40. The first-order valence-corrected chi connectivity index (χ1v) is 5.00. The van der Waals surface area contributed by atoms with Gasteiger partial charge >= 0.3 is 0 Å². The third kappa shape index (κ3) is 1.29. The van der Waals surface area contributed by atoms with Crippen LogP contribution in [0.25, 0.3) is 0 Å². The van der Waals surface area contributed by atoms with E-state index < -0.39 is 0 Å². The van der Waals surface area contributed by atoms with Crippen LogP contribution in [-0.4, -0.2) is 60.6 Å². The summed E-state index contributed by atoms with van der Waals surface area (Å²) in [6.07, 6.45) is 2.56. The fraction of sp³-hybridized carbons (Fsp3) is 1.00. The minimum absolute atomic E-state index is 0.655. The maximum Gasteiger partial charge on any atom is 0.0944 e. The maximum atomic E-state index is 2.31. The van der Waals surface area contributed by atoms with E-state index in [1.165, 1.54) is 6.42 Å². The van der Waals surface area contributed by atoms with E-state index in [4.69, 9.17) is 0 Å². The molecule has 0 amide bonds. The molecular weight excluding hydrogens is 164 g/mol. The van der Waals surface area contributed by atoms with Crippen LogP contribution in [0.4, 0.5) is 0 Å². The molecule has 2 heterocycles. The van der Waals surface area contributed by atoms with E-state index in [2.05, 4.69) is 55.2 Å². The summed E-state index contributed by atoms with van der Waals surface area (Å²) in [7, 11) is 8.65. The molecule has 0 bridgehead atoms. The zero-order valence-electron chi connectivity index (χ0n) is 9.23. The number of nitrogens with zero attached hydrogens (tertiary/aromatic N) is 4. The summed E-state index contributed by atoms with van der Waals surface area (Å²) in [6.45, 7) is 2.28. The van der Waals surface area contributed by atoms with Gasteiger partial charge in [-0.1, -0.05) is 6.92 Å².